The molecule has 1 N–H and O–H groups in total. The van der Waals surface area contributed by atoms with E-state index in [1.807, 2.05) is 69.3 Å². The van der Waals surface area contributed by atoms with Crippen molar-refractivity contribution in [2.75, 3.05) is 17.1 Å². The number of hydrogen-bond donors (Lipinski definition) is 1. The molecule has 1 unspecified atom stereocenters. The highest BCUT2D eigenvalue weighted by molar-refractivity contribution is 7.92. The Labute approximate surface area is 186 Å². The molecular formula is C25H32N2O3S. The first-order valence-corrected chi connectivity index (χ1v) is 12.4. The minimum Gasteiger partial charge on any atom is -0.389 e. The molecule has 0 fully saturated rings. The van der Waals surface area contributed by atoms with Crippen LogP contribution in [0.3, 0.4) is 0 Å². The number of sulfonamides is 1. The number of para-hydroxylation sites is 3. The van der Waals surface area contributed by atoms with Crippen molar-refractivity contribution in [3.05, 3.63) is 78.4 Å². The zero-order chi connectivity index (χ0) is 22.6. The fourth-order valence-corrected chi connectivity index (χ4v) is 4.92. The fourth-order valence-electron chi connectivity index (χ4n) is 3.92. The Bertz CT molecular complexity index is 1230. The smallest absolute Gasteiger partial charge is 0.232 e. The second kappa shape index (κ2) is 9.54. The topological polar surface area (TPSA) is 62.5 Å². The summed E-state index contributed by atoms with van der Waals surface area (Å²) in [6, 6.07) is 23.4. The van der Waals surface area contributed by atoms with Crippen LogP contribution in [0.1, 0.15) is 20.8 Å². The molecule has 4 rings (SSSR count). The van der Waals surface area contributed by atoms with Gasteiger partial charge in [0.25, 0.3) is 0 Å². The van der Waals surface area contributed by atoms with Crippen molar-refractivity contribution in [2.24, 2.45) is 0 Å². The van der Waals surface area contributed by atoms with E-state index in [0.29, 0.717) is 12.2 Å². The average Bonchev–Trinajstić information content (AvgIpc) is 3.07. The molecule has 4 aromatic rings. The predicted molar refractivity (Wildman–Crippen MR) is 132 cm³/mol. The van der Waals surface area contributed by atoms with Gasteiger partial charge in [0.15, 0.2) is 0 Å². The summed E-state index contributed by atoms with van der Waals surface area (Å²) < 4.78 is 28.3. The first kappa shape index (κ1) is 22.8. The van der Waals surface area contributed by atoms with E-state index in [9.17, 15) is 13.5 Å². The minimum atomic E-state index is -3.54. The molecule has 0 spiro atoms. The highest BCUT2D eigenvalue weighted by Gasteiger charge is 2.23. The highest BCUT2D eigenvalue weighted by Crippen LogP contribution is 2.29. The van der Waals surface area contributed by atoms with Gasteiger partial charge in [-0.15, -0.1) is 0 Å². The van der Waals surface area contributed by atoms with Crippen molar-refractivity contribution in [2.45, 2.75) is 33.4 Å². The number of rotatable bonds is 6. The van der Waals surface area contributed by atoms with Crippen LogP contribution < -0.4 is 4.31 Å². The summed E-state index contributed by atoms with van der Waals surface area (Å²) in [7, 11) is -3.54. The van der Waals surface area contributed by atoms with E-state index in [0.717, 1.165) is 27.4 Å². The molecule has 1 atom stereocenters. The normalized spacial score (nSPS) is 12.4. The van der Waals surface area contributed by atoms with Crippen LogP contribution in [0.2, 0.25) is 0 Å². The maximum atomic E-state index is 12.5. The molecule has 166 valence electrons. The molecule has 0 aliphatic rings. The second-order valence-corrected chi connectivity index (χ2v) is 9.29. The van der Waals surface area contributed by atoms with Gasteiger partial charge in [-0.05, 0) is 30.7 Å². The van der Waals surface area contributed by atoms with Crippen molar-refractivity contribution >= 4 is 37.5 Å². The van der Waals surface area contributed by atoms with Gasteiger partial charge in [0.2, 0.25) is 10.0 Å². The summed E-state index contributed by atoms with van der Waals surface area (Å²) in [5.41, 5.74) is 3.49. The van der Waals surface area contributed by atoms with Gasteiger partial charge in [0.05, 0.1) is 31.1 Å². The summed E-state index contributed by atoms with van der Waals surface area (Å²) in [6.45, 7) is 6.16. The van der Waals surface area contributed by atoms with Crippen LogP contribution in [0.25, 0.3) is 21.8 Å². The summed E-state index contributed by atoms with van der Waals surface area (Å²) in [6.07, 6.45) is 0.302. The molecule has 0 radical (unpaired) electrons. The summed E-state index contributed by atoms with van der Waals surface area (Å²) in [5.74, 6) is 0. The van der Waals surface area contributed by atoms with Crippen LogP contribution in [0, 0.1) is 6.92 Å². The van der Waals surface area contributed by atoms with Gasteiger partial charge in [-0.1, -0.05) is 68.4 Å². The Morgan fingerprint density at radius 1 is 0.903 bits per heavy atom. The lowest BCUT2D eigenvalue weighted by Crippen LogP contribution is -2.39. The molecule has 0 amide bonds. The molecule has 0 saturated heterocycles. The van der Waals surface area contributed by atoms with Crippen molar-refractivity contribution in [1.82, 2.24) is 4.57 Å². The lowest BCUT2D eigenvalue weighted by molar-refractivity contribution is 0.166. The quantitative estimate of drug-likeness (QED) is 0.448. The maximum Gasteiger partial charge on any atom is 0.232 e. The van der Waals surface area contributed by atoms with E-state index in [1.165, 1.54) is 10.6 Å². The van der Waals surface area contributed by atoms with Crippen LogP contribution in [0.4, 0.5) is 5.69 Å². The lowest BCUT2D eigenvalue weighted by atomic mass is 10.2. The molecule has 1 aromatic heterocycles. The van der Waals surface area contributed by atoms with E-state index in [1.54, 1.807) is 12.1 Å². The van der Waals surface area contributed by atoms with Gasteiger partial charge in [0.1, 0.15) is 0 Å². The molecule has 0 bridgehead atoms. The highest BCUT2D eigenvalue weighted by atomic mass is 32.2. The fraction of sp³-hybridized carbons (Fsp3) is 0.280. The molecule has 31 heavy (non-hydrogen) atoms. The van der Waals surface area contributed by atoms with E-state index in [2.05, 4.69) is 16.7 Å². The number of hydrogen-bond acceptors (Lipinski definition) is 3. The molecule has 0 saturated carbocycles. The number of aliphatic hydroxyl groups is 1. The first-order valence-electron chi connectivity index (χ1n) is 10.5. The Kier molecular flexibility index (Phi) is 7.03. The van der Waals surface area contributed by atoms with E-state index >= 15 is 0 Å². The van der Waals surface area contributed by atoms with Gasteiger partial charge in [-0.25, -0.2) is 8.42 Å². The zero-order valence-corrected chi connectivity index (χ0v) is 19.3. The van der Waals surface area contributed by atoms with E-state index < -0.39 is 16.1 Å². The van der Waals surface area contributed by atoms with Crippen molar-refractivity contribution in [3.8, 4) is 0 Å². The predicted octanol–water partition coefficient (Wildman–Crippen LogP) is 5.20. The average molecular weight is 441 g/mol. The van der Waals surface area contributed by atoms with Crippen molar-refractivity contribution in [3.63, 3.8) is 0 Å². The Morgan fingerprint density at radius 2 is 1.39 bits per heavy atom. The number of aromatic nitrogens is 1. The largest absolute Gasteiger partial charge is 0.389 e. The summed E-state index contributed by atoms with van der Waals surface area (Å²) in [5, 5.41) is 13.1. The number of fused-ring (bicyclic) bond motifs is 3. The third-order valence-corrected chi connectivity index (χ3v) is 6.38. The van der Waals surface area contributed by atoms with Gasteiger partial charge in [0, 0.05) is 23.2 Å². The third kappa shape index (κ3) is 4.75. The van der Waals surface area contributed by atoms with Crippen molar-refractivity contribution in [1.29, 1.82) is 0 Å². The molecule has 6 heteroatoms. The monoisotopic (exact) mass is 440 g/mol. The molecule has 3 aromatic carbocycles. The number of aryl methyl sites for hydroxylation is 1. The molecule has 0 aliphatic carbocycles. The van der Waals surface area contributed by atoms with Gasteiger partial charge in [-0.2, -0.15) is 0 Å². The molecule has 1 heterocycles. The standard InChI is InChI=1S/C23H24N2O3S.C2H6.H2/c1-17-9-3-6-12-21(17)25(29(2,27)28)16-18(26)15-24-22-13-7-4-10-19(22)20-11-5-8-14-23(20)24;1-2;/h3-14,18,26H,15-16H2,1-2H3;1-2H3;1H. The van der Waals surface area contributed by atoms with Crippen LogP contribution in [-0.2, 0) is 16.6 Å². The number of anilines is 1. The van der Waals surface area contributed by atoms with Crippen molar-refractivity contribution < 1.29 is 15.0 Å². The second-order valence-electron chi connectivity index (χ2n) is 7.38. The number of aliphatic hydroxyl groups excluding tert-OH is 1. The SMILES string of the molecule is CC.Cc1ccccc1N(CC(O)Cn1c2ccccc2c2ccccc21)S(C)(=O)=O.[HH]. The van der Waals surface area contributed by atoms with Crippen LogP contribution in [-0.4, -0.2) is 37.0 Å². The Balaban J connectivity index is 0.00000118. The first-order chi connectivity index (χ1) is 14.9. The van der Waals surface area contributed by atoms with Crippen LogP contribution in [0.5, 0.6) is 0 Å². The van der Waals surface area contributed by atoms with Crippen LogP contribution in [0.15, 0.2) is 72.8 Å². The lowest BCUT2D eigenvalue weighted by Gasteiger charge is -2.27. The molecule has 5 nitrogen and oxygen atoms in total. The van der Waals surface area contributed by atoms with E-state index in [-0.39, 0.29) is 7.97 Å². The van der Waals surface area contributed by atoms with Gasteiger partial charge < -0.3 is 9.67 Å². The number of benzene rings is 3. The summed E-state index contributed by atoms with van der Waals surface area (Å²) in [4.78, 5) is 0. The maximum absolute atomic E-state index is 12.5. The molecule has 0 aliphatic heterocycles. The zero-order valence-electron chi connectivity index (χ0n) is 18.5. The Morgan fingerprint density at radius 3 is 1.90 bits per heavy atom. The van der Waals surface area contributed by atoms with Crippen LogP contribution >= 0.6 is 0 Å². The van der Waals surface area contributed by atoms with Gasteiger partial charge in [-0.3, -0.25) is 4.31 Å². The minimum absolute atomic E-state index is 0. The molecular weight excluding hydrogens is 408 g/mol. The summed E-state index contributed by atoms with van der Waals surface area (Å²) >= 11 is 0. The third-order valence-electron chi connectivity index (χ3n) is 5.23. The van der Waals surface area contributed by atoms with Gasteiger partial charge >= 0.3 is 0 Å². The van der Waals surface area contributed by atoms with E-state index in [4.69, 9.17) is 0 Å². The Hall–Kier alpha value is -2.83. The number of nitrogens with zero attached hydrogens (tertiary/aromatic N) is 2.